The lowest BCUT2D eigenvalue weighted by Crippen LogP contribution is -1.95. The van der Waals surface area contributed by atoms with Crippen molar-refractivity contribution >= 4 is 11.6 Å². The summed E-state index contributed by atoms with van der Waals surface area (Å²) in [5, 5.41) is 0. The Bertz CT molecular complexity index is 465. The van der Waals surface area contributed by atoms with E-state index in [9.17, 15) is 4.39 Å². The molecular weight excluding hydrogens is 239 g/mol. The molecule has 3 heteroatoms. The van der Waals surface area contributed by atoms with Crippen molar-refractivity contribution in [1.82, 2.24) is 0 Å². The molecule has 0 aliphatic carbocycles. The molecular formula is C14H12ClFO. The summed E-state index contributed by atoms with van der Waals surface area (Å²) in [5.74, 6) is 1.04. The van der Waals surface area contributed by atoms with Crippen LogP contribution in [0.15, 0.2) is 48.5 Å². The number of ether oxygens (including phenoxy) is 1. The molecule has 0 atom stereocenters. The second-order valence-corrected chi connectivity index (χ2v) is 3.96. The number of hydrogen-bond donors (Lipinski definition) is 0. The van der Waals surface area contributed by atoms with Gasteiger partial charge in [0, 0.05) is 5.88 Å². The Morgan fingerprint density at radius 1 is 0.882 bits per heavy atom. The van der Waals surface area contributed by atoms with Crippen LogP contribution in [0.5, 0.6) is 5.75 Å². The van der Waals surface area contributed by atoms with E-state index in [0.29, 0.717) is 12.5 Å². The maximum atomic E-state index is 12.7. The van der Waals surface area contributed by atoms with Crippen LogP contribution in [0.1, 0.15) is 11.1 Å². The van der Waals surface area contributed by atoms with Crippen LogP contribution in [0.4, 0.5) is 4.39 Å². The fourth-order valence-corrected chi connectivity index (χ4v) is 1.60. The molecule has 17 heavy (non-hydrogen) atoms. The van der Waals surface area contributed by atoms with E-state index in [1.54, 1.807) is 12.1 Å². The zero-order valence-electron chi connectivity index (χ0n) is 9.20. The molecule has 2 aromatic carbocycles. The summed E-state index contributed by atoms with van der Waals surface area (Å²) in [4.78, 5) is 0. The molecule has 0 aromatic heterocycles. The number of hydrogen-bond acceptors (Lipinski definition) is 1. The Morgan fingerprint density at radius 3 is 2.06 bits per heavy atom. The molecule has 0 aliphatic rings. The van der Waals surface area contributed by atoms with Crippen molar-refractivity contribution in [2.75, 3.05) is 0 Å². The molecule has 0 N–H and O–H groups in total. The van der Waals surface area contributed by atoms with Crippen LogP contribution in [-0.2, 0) is 12.5 Å². The van der Waals surface area contributed by atoms with Gasteiger partial charge in [0.25, 0.3) is 0 Å². The van der Waals surface area contributed by atoms with Crippen molar-refractivity contribution in [2.45, 2.75) is 12.5 Å². The summed E-state index contributed by atoms with van der Waals surface area (Å²) < 4.78 is 18.2. The van der Waals surface area contributed by atoms with Gasteiger partial charge in [-0.05, 0) is 35.4 Å². The van der Waals surface area contributed by atoms with Crippen LogP contribution >= 0.6 is 11.6 Å². The minimum absolute atomic E-state index is 0.236. The molecule has 0 heterocycles. The highest BCUT2D eigenvalue weighted by molar-refractivity contribution is 6.17. The summed E-state index contributed by atoms with van der Waals surface area (Å²) in [7, 11) is 0. The molecule has 0 aliphatic heterocycles. The first-order valence-electron chi connectivity index (χ1n) is 5.30. The van der Waals surface area contributed by atoms with Crippen molar-refractivity contribution < 1.29 is 9.13 Å². The fraction of sp³-hybridized carbons (Fsp3) is 0.143. The van der Waals surface area contributed by atoms with E-state index in [1.165, 1.54) is 12.1 Å². The highest BCUT2D eigenvalue weighted by Gasteiger charge is 1.97. The van der Waals surface area contributed by atoms with Gasteiger partial charge in [0.15, 0.2) is 0 Å². The maximum absolute atomic E-state index is 12.7. The lowest BCUT2D eigenvalue weighted by molar-refractivity contribution is 0.306. The minimum Gasteiger partial charge on any atom is -0.489 e. The molecule has 0 bridgehead atoms. The third-order valence-corrected chi connectivity index (χ3v) is 2.71. The average molecular weight is 251 g/mol. The predicted octanol–water partition coefficient (Wildman–Crippen LogP) is 4.14. The van der Waals surface area contributed by atoms with Gasteiger partial charge >= 0.3 is 0 Å². The quantitative estimate of drug-likeness (QED) is 0.741. The summed E-state index contributed by atoms with van der Waals surface area (Å²) in [6.45, 7) is 0.431. The van der Waals surface area contributed by atoms with E-state index < -0.39 is 0 Å². The third kappa shape index (κ3) is 3.46. The number of alkyl halides is 1. The van der Waals surface area contributed by atoms with Crippen LogP contribution in [0.25, 0.3) is 0 Å². The molecule has 0 spiro atoms. The second-order valence-electron chi connectivity index (χ2n) is 3.69. The Morgan fingerprint density at radius 2 is 1.47 bits per heavy atom. The first-order chi connectivity index (χ1) is 8.28. The Hall–Kier alpha value is -1.54. The molecule has 1 nitrogen and oxygen atoms in total. The lowest BCUT2D eigenvalue weighted by Gasteiger charge is -2.06. The normalized spacial score (nSPS) is 10.2. The van der Waals surface area contributed by atoms with Crippen LogP contribution in [0.3, 0.4) is 0 Å². The van der Waals surface area contributed by atoms with Crippen LogP contribution in [0.2, 0.25) is 0 Å². The molecule has 0 amide bonds. The van der Waals surface area contributed by atoms with Gasteiger partial charge in [-0.25, -0.2) is 4.39 Å². The van der Waals surface area contributed by atoms with Crippen molar-refractivity contribution in [3.8, 4) is 5.75 Å². The van der Waals surface area contributed by atoms with E-state index in [4.69, 9.17) is 16.3 Å². The Labute approximate surface area is 105 Å². The standard InChI is InChI=1S/C14H12ClFO/c15-9-11-3-7-14(8-4-11)17-10-12-1-5-13(16)6-2-12/h1-8H,9-10H2. The molecule has 0 fully saturated rings. The van der Waals surface area contributed by atoms with Crippen LogP contribution in [0, 0.1) is 5.82 Å². The molecule has 0 saturated heterocycles. The van der Waals surface area contributed by atoms with Crippen molar-refractivity contribution in [2.24, 2.45) is 0 Å². The number of halogens is 2. The molecule has 0 unspecified atom stereocenters. The zero-order chi connectivity index (χ0) is 12.1. The van der Waals surface area contributed by atoms with Gasteiger partial charge in [0.1, 0.15) is 18.2 Å². The SMILES string of the molecule is Fc1ccc(COc2ccc(CCl)cc2)cc1. The van der Waals surface area contributed by atoms with Crippen LogP contribution < -0.4 is 4.74 Å². The van der Waals surface area contributed by atoms with Gasteiger partial charge in [-0.1, -0.05) is 24.3 Å². The molecule has 88 valence electrons. The largest absolute Gasteiger partial charge is 0.489 e. The third-order valence-electron chi connectivity index (χ3n) is 2.40. The molecule has 0 radical (unpaired) electrons. The lowest BCUT2D eigenvalue weighted by atomic mass is 10.2. The zero-order valence-corrected chi connectivity index (χ0v) is 9.95. The minimum atomic E-state index is -0.236. The Balaban J connectivity index is 1.95. The van der Waals surface area contributed by atoms with Crippen molar-refractivity contribution in [1.29, 1.82) is 0 Å². The van der Waals surface area contributed by atoms with E-state index >= 15 is 0 Å². The van der Waals surface area contributed by atoms with E-state index in [1.807, 2.05) is 24.3 Å². The second kappa shape index (κ2) is 5.69. The smallest absolute Gasteiger partial charge is 0.123 e. The van der Waals surface area contributed by atoms with Gasteiger partial charge in [-0.2, -0.15) is 0 Å². The first kappa shape index (κ1) is 11.9. The maximum Gasteiger partial charge on any atom is 0.123 e. The number of benzene rings is 2. The Kier molecular flexibility index (Phi) is 3.99. The molecule has 2 rings (SSSR count). The van der Waals surface area contributed by atoms with E-state index in [0.717, 1.165) is 16.9 Å². The predicted molar refractivity (Wildman–Crippen MR) is 66.7 cm³/mol. The van der Waals surface area contributed by atoms with E-state index in [-0.39, 0.29) is 5.82 Å². The fourth-order valence-electron chi connectivity index (χ4n) is 1.42. The van der Waals surface area contributed by atoms with Gasteiger partial charge in [0.2, 0.25) is 0 Å². The van der Waals surface area contributed by atoms with Crippen molar-refractivity contribution in [3.05, 3.63) is 65.5 Å². The van der Waals surface area contributed by atoms with Gasteiger partial charge < -0.3 is 4.74 Å². The molecule has 2 aromatic rings. The highest BCUT2D eigenvalue weighted by Crippen LogP contribution is 2.15. The summed E-state index contributed by atoms with van der Waals surface area (Å²) in [6, 6.07) is 13.9. The van der Waals surface area contributed by atoms with Crippen LogP contribution in [-0.4, -0.2) is 0 Å². The monoisotopic (exact) mass is 250 g/mol. The van der Waals surface area contributed by atoms with Gasteiger partial charge in [-0.15, -0.1) is 11.6 Å². The van der Waals surface area contributed by atoms with Gasteiger partial charge in [-0.3, -0.25) is 0 Å². The highest BCUT2D eigenvalue weighted by atomic mass is 35.5. The summed E-state index contributed by atoms with van der Waals surface area (Å²) >= 11 is 5.69. The average Bonchev–Trinajstić information content (AvgIpc) is 2.39. The number of rotatable bonds is 4. The summed E-state index contributed by atoms with van der Waals surface area (Å²) in [5.41, 5.74) is 1.99. The molecule has 0 saturated carbocycles. The van der Waals surface area contributed by atoms with Crippen molar-refractivity contribution in [3.63, 3.8) is 0 Å². The first-order valence-corrected chi connectivity index (χ1v) is 5.83. The van der Waals surface area contributed by atoms with Gasteiger partial charge in [0.05, 0.1) is 0 Å². The summed E-state index contributed by atoms with van der Waals surface area (Å²) in [6.07, 6.45) is 0. The van der Waals surface area contributed by atoms with E-state index in [2.05, 4.69) is 0 Å². The topological polar surface area (TPSA) is 9.23 Å².